The predicted octanol–water partition coefficient (Wildman–Crippen LogP) is 3.69. The van der Waals surface area contributed by atoms with Crippen molar-refractivity contribution in [1.29, 1.82) is 0 Å². The highest BCUT2D eigenvalue weighted by Gasteiger charge is 2.31. The van der Waals surface area contributed by atoms with E-state index in [1.807, 2.05) is 0 Å². The van der Waals surface area contributed by atoms with Crippen LogP contribution in [0, 0.1) is 0 Å². The second-order valence-corrected chi connectivity index (χ2v) is 6.39. The first kappa shape index (κ1) is 19.2. The second kappa shape index (κ2) is 8.30. The maximum atomic E-state index is 12.6. The predicted molar refractivity (Wildman–Crippen MR) is 96.3 cm³/mol. The summed E-state index contributed by atoms with van der Waals surface area (Å²) >= 11 is 6.32. The van der Waals surface area contributed by atoms with Gasteiger partial charge in [0.05, 0.1) is 19.1 Å². The standard InChI is InChI=1S/C16H15F2NO4S2/c1-4-5-19-14(20)12(25-16(19)24)8-9-6-10(21-2)13(23-15(17)18)11(7-9)22-3/h4,6-8,15H,1,5H2,2-3H3/b12-8-. The number of amides is 1. The van der Waals surface area contributed by atoms with Crippen LogP contribution in [0.15, 0.2) is 29.7 Å². The molecule has 1 aliphatic heterocycles. The Hall–Kier alpha value is -2.13. The zero-order chi connectivity index (χ0) is 18.6. The van der Waals surface area contributed by atoms with Crippen LogP contribution in [-0.4, -0.2) is 42.5 Å². The first-order chi connectivity index (χ1) is 11.9. The molecule has 1 amide bonds. The number of carbonyl (C=O) groups is 1. The molecule has 25 heavy (non-hydrogen) atoms. The van der Waals surface area contributed by atoms with Crippen molar-refractivity contribution in [2.45, 2.75) is 6.61 Å². The van der Waals surface area contributed by atoms with E-state index in [1.165, 1.54) is 31.3 Å². The topological polar surface area (TPSA) is 48.0 Å². The second-order valence-electron chi connectivity index (χ2n) is 4.71. The fourth-order valence-electron chi connectivity index (χ4n) is 2.13. The zero-order valence-corrected chi connectivity index (χ0v) is 15.1. The number of carbonyl (C=O) groups excluding carboxylic acids is 1. The molecular formula is C16H15F2NO4S2. The summed E-state index contributed by atoms with van der Waals surface area (Å²) in [4.78, 5) is 14.2. The summed E-state index contributed by atoms with van der Waals surface area (Å²) in [5, 5.41) is 0. The number of ether oxygens (including phenoxy) is 3. The van der Waals surface area contributed by atoms with Gasteiger partial charge in [-0.05, 0) is 23.8 Å². The molecule has 1 heterocycles. The highest BCUT2D eigenvalue weighted by molar-refractivity contribution is 8.26. The Morgan fingerprint density at radius 2 is 1.92 bits per heavy atom. The zero-order valence-electron chi connectivity index (χ0n) is 13.5. The molecule has 2 rings (SSSR count). The molecule has 0 aliphatic carbocycles. The molecule has 1 aromatic carbocycles. The van der Waals surface area contributed by atoms with Gasteiger partial charge < -0.3 is 14.2 Å². The highest BCUT2D eigenvalue weighted by atomic mass is 32.2. The number of nitrogens with zero attached hydrogens (tertiary/aromatic N) is 1. The van der Waals surface area contributed by atoms with Gasteiger partial charge in [-0.3, -0.25) is 9.69 Å². The average molecular weight is 387 g/mol. The van der Waals surface area contributed by atoms with Gasteiger partial charge >= 0.3 is 6.61 Å². The maximum absolute atomic E-state index is 12.6. The lowest BCUT2D eigenvalue weighted by Crippen LogP contribution is -2.27. The molecule has 134 valence electrons. The molecule has 0 atom stereocenters. The minimum Gasteiger partial charge on any atom is -0.493 e. The minimum absolute atomic E-state index is 0.0625. The van der Waals surface area contributed by atoms with Gasteiger partial charge in [0.15, 0.2) is 11.5 Å². The van der Waals surface area contributed by atoms with Crippen molar-refractivity contribution in [2.24, 2.45) is 0 Å². The summed E-state index contributed by atoms with van der Waals surface area (Å²) in [7, 11) is 2.64. The number of benzene rings is 1. The van der Waals surface area contributed by atoms with E-state index in [9.17, 15) is 13.6 Å². The summed E-state index contributed by atoms with van der Waals surface area (Å²) in [6, 6.07) is 2.95. The monoisotopic (exact) mass is 387 g/mol. The van der Waals surface area contributed by atoms with E-state index in [0.717, 1.165) is 11.8 Å². The number of rotatable bonds is 7. The quantitative estimate of drug-likeness (QED) is 0.404. The molecule has 0 radical (unpaired) electrons. The minimum atomic E-state index is -3.02. The van der Waals surface area contributed by atoms with Crippen molar-refractivity contribution in [3.05, 3.63) is 35.3 Å². The summed E-state index contributed by atoms with van der Waals surface area (Å²) in [5.41, 5.74) is 0.523. The van der Waals surface area contributed by atoms with Crippen LogP contribution in [0.25, 0.3) is 6.08 Å². The molecule has 5 nitrogen and oxygen atoms in total. The van der Waals surface area contributed by atoms with Crippen molar-refractivity contribution in [3.63, 3.8) is 0 Å². The molecule has 0 N–H and O–H groups in total. The number of methoxy groups -OCH3 is 2. The normalized spacial score (nSPS) is 15.9. The Balaban J connectivity index is 2.42. The number of thioether (sulfide) groups is 1. The van der Waals surface area contributed by atoms with Gasteiger partial charge in [0.25, 0.3) is 5.91 Å². The van der Waals surface area contributed by atoms with Crippen molar-refractivity contribution in [3.8, 4) is 17.2 Å². The van der Waals surface area contributed by atoms with Gasteiger partial charge in [-0.1, -0.05) is 30.1 Å². The first-order valence-electron chi connectivity index (χ1n) is 6.98. The van der Waals surface area contributed by atoms with E-state index in [2.05, 4.69) is 11.3 Å². The van der Waals surface area contributed by atoms with Crippen molar-refractivity contribution < 1.29 is 27.8 Å². The Bertz CT molecular complexity index is 712. The van der Waals surface area contributed by atoms with Crippen molar-refractivity contribution in [2.75, 3.05) is 20.8 Å². The van der Waals surface area contributed by atoms with E-state index in [-0.39, 0.29) is 23.2 Å². The van der Waals surface area contributed by atoms with Crippen LogP contribution < -0.4 is 14.2 Å². The molecule has 0 aromatic heterocycles. The lowest BCUT2D eigenvalue weighted by molar-refractivity contribution is -0.121. The lowest BCUT2D eigenvalue weighted by atomic mass is 10.1. The third kappa shape index (κ3) is 4.29. The maximum Gasteiger partial charge on any atom is 0.387 e. The van der Waals surface area contributed by atoms with Crippen LogP contribution in [0.2, 0.25) is 0 Å². The third-order valence-corrected chi connectivity index (χ3v) is 4.55. The molecule has 1 saturated heterocycles. The Morgan fingerprint density at radius 1 is 1.32 bits per heavy atom. The number of thiocarbonyl (C=S) groups is 1. The van der Waals surface area contributed by atoms with Gasteiger partial charge in [-0.25, -0.2) is 0 Å². The van der Waals surface area contributed by atoms with Crippen LogP contribution in [0.1, 0.15) is 5.56 Å². The van der Waals surface area contributed by atoms with Crippen LogP contribution in [0.5, 0.6) is 17.2 Å². The molecule has 1 aliphatic rings. The molecule has 0 unspecified atom stereocenters. The average Bonchev–Trinajstić information content (AvgIpc) is 2.83. The molecule has 0 bridgehead atoms. The van der Waals surface area contributed by atoms with E-state index in [1.54, 1.807) is 12.2 Å². The molecule has 0 saturated carbocycles. The number of hydrogen-bond donors (Lipinski definition) is 0. The summed E-state index contributed by atoms with van der Waals surface area (Å²) < 4.78 is 40.2. The van der Waals surface area contributed by atoms with Gasteiger partial charge in [-0.15, -0.1) is 6.58 Å². The van der Waals surface area contributed by atoms with Gasteiger partial charge in [-0.2, -0.15) is 8.78 Å². The summed E-state index contributed by atoms with van der Waals surface area (Å²) in [6.07, 6.45) is 3.16. The molecule has 9 heteroatoms. The number of hydrogen-bond acceptors (Lipinski definition) is 6. The van der Waals surface area contributed by atoms with Crippen LogP contribution in [0.4, 0.5) is 8.78 Å². The van der Waals surface area contributed by atoms with Crippen molar-refractivity contribution >= 4 is 40.3 Å². The Morgan fingerprint density at radius 3 is 2.40 bits per heavy atom. The van der Waals surface area contributed by atoms with Gasteiger partial charge in [0, 0.05) is 6.54 Å². The first-order valence-corrected chi connectivity index (χ1v) is 8.20. The molecule has 0 spiro atoms. The number of halogens is 2. The lowest BCUT2D eigenvalue weighted by Gasteiger charge is -2.14. The molecule has 1 aromatic rings. The van der Waals surface area contributed by atoms with Crippen molar-refractivity contribution in [1.82, 2.24) is 4.90 Å². The van der Waals surface area contributed by atoms with Crippen LogP contribution in [0.3, 0.4) is 0 Å². The molecule has 1 fully saturated rings. The van der Waals surface area contributed by atoms with Gasteiger partial charge in [0.1, 0.15) is 4.32 Å². The van der Waals surface area contributed by atoms with E-state index >= 15 is 0 Å². The van der Waals surface area contributed by atoms with E-state index in [0.29, 0.717) is 21.3 Å². The Labute approximate surface area is 153 Å². The number of alkyl halides is 2. The molecular weight excluding hydrogens is 372 g/mol. The van der Waals surface area contributed by atoms with Crippen LogP contribution >= 0.6 is 24.0 Å². The largest absolute Gasteiger partial charge is 0.493 e. The van der Waals surface area contributed by atoms with Gasteiger partial charge in [0.2, 0.25) is 5.75 Å². The summed E-state index contributed by atoms with van der Waals surface area (Å²) in [5.74, 6) is -0.336. The van der Waals surface area contributed by atoms with E-state index < -0.39 is 6.61 Å². The SMILES string of the molecule is C=CCN1C(=O)/C(=C/c2cc(OC)c(OC(F)F)c(OC)c2)SC1=S. The highest BCUT2D eigenvalue weighted by Crippen LogP contribution is 2.41. The fourth-order valence-corrected chi connectivity index (χ4v) is 3.40. The van der Waals surface area contributed by atoms with E-state index in [4.69, 9.17) is 21.7 Å². The smallest absolute Gasteiger partial charge is 0.387 e. The summed E-state index contributed by atoms with van der Waals surface area (Å²) in [6.45, 7) is 0.881. The Kier molecular flexibility index (Phi) is 6.38. The third-order valence-electron chi connectivity index (χ3n) is 3.17. The van der Waals surface area contributed by atoms with Crippen LogP contribution in [-0.2, 0) is 4.79 Å². The fraction of sp³-hybridized carbons (Fsp3) is 0.250.